The summed E-state index contributed by atoms with van der Waals surface area (Å²) < 4.78 is 0. The van der Waals surface area contributed by atoms with Gasteiger partial charge in [0.15, 0.2) is 0 Å². The summed E-state index contributed by atoms with van der Waals surface area (Å²) >= 11 is 0. The van der Waals surface area contributed by atoms with Gasteiger partial charge in [-0.15, -0.1) is 0 Å². The fourth-order valence-corrected chi connectivity index (χ4v) is 4.22. The molecule has 1 atom stereocenters. The van der Waals surface area contributed by atoms with Crippen molar-refractivity contribution >= 4 is 17.8 Å². The fraction of sp³-hybridized carbons (Fsp3) is 0.571. The molecule has 1 aliphatic heterocycles. The molecule has 2 N–H and O–H groups in total. The predicted molar refractivity (Wildman–Crippen MR) is 103 cm³/mol. The largest absolute Gasteiger partial charge is 0.352 e. The molecule has 1 saturated carbocycles. The molecule has 1 aliphatic carbocycles. The van der Waals surface area contributed by atoms with Crippen molar-refractivity contribution in [1.29, 1.82) is 0 Å². The third-order valence-corrected chi connectivity index (χ3v) is 5.59. The van der Waals surface area contributed by atoms with E-state index >= 15 is 0 Å². The Balaban J connectivity index is 1.72. The van der Waals surface area contributed by atoms with Crippen LogP contribution in [0, 0.1) is 0 Å². The van der Waals surface area contributed by atoms with Crippen molar-refractivity contribution in [3.8, 4) is 0 Å². The van der Waals surface area contributed by atoms with Crippen LogP contribution in [0.3, 0.4) is 0 Å². The van der Waals surface area contributed by atoms with E-state index in [1.807, 2.05) is 37.3 Å². The van der Waals surface area contributed by atoms with E-state index in [2.05, 4.69) is 10.6 Å². The molecule has 1 saturated heterocycles. The van der Waals surface area contributed by atoms with Crippen LogP contribution in [-0.4, -0.2) is 35.3 Å². The van der Waals surface area contributed by atoms with Gasteiger partial charge < -0.3 is 10.6 Å². The summed E-state index contributed by atoms with van der Waals surface area (Å²) in [6.07, 6.45) is 7.81. The molecule has 6 heteroatoms. The van der Waals surface area contributed by atoms with Crippen LogP contribution < -0.4 is 10.6 Å². The zero-order valence-electron chi connectivity index (χ0n) is 16.0. The molecular formula is C21H29N3O3. The maximum Gasteiger partial charge on any atom is 0.325 e. The maximum atomic E-state index is 13.2. The minimum atomic E-state index is -1.07. The topological polar surface area (TPSA) is 78.5 Å². The van der Waals surface area contributed by atoms with Gasteiger partial charge in [0.25, 0.3) is 5.91 Å². The molecular weight excluding hydrogens is 342 g/mol. The number of imide groups is 1. The van der Waals surface area contributed by atoms with E-state index in [0.717, 1.165) is 42.6 Å². The van der Waals surface area contributed by atoms with Gasteiger partial charge in [0.05, 0.1) is 0 Å². The number of carbonyl (C=O) groups excluding carboxylic acids is 3. The van der Waals surface area contributed by atoms with E-state index < -0.39 is 11.6 Å². The Morgan fingerprint density at radius 3 is 2.44 bits per heavy atom. The molecule has 0 bridgehead atoms. The van der Waals surface area contributed by atoms with Gasteiger partial charge in [-0.1, -0.05) is 69.4 Å². The fourth-order valence-electron chi connectivity index (χ4n) is 4.22. The summed E-state index contributed by atoms with van der Waals surface area (Å²) in [7, 11) is 0. The average Bonchev–Trinajstić information content (AvgIpc) is 2.85. The number of benzene rings is 1. The first kappa shape index (κ1) is 19.4. The van der Waals surface area contributed by atoms with Gasteiger partial charge in [-0.25, -0.2) is 4.79 Å². The smallest absolute Gasteiger partial charge is 0.325 e. The zero-order chi connectivity index (χ0) is 19.3. The van der Waals surface area contributed by atoms with Gasteiger partial charge in [0.1, 0.15) is 12.1 Å². The summed E-state index contributed by atoms with van der Waals surface area (Å²) in [5, 5.41) is 5.87. The van der Waals surface area contributed by atoms with Gasteiger partial charge in [-0.2, -0.15) is 0 Å². The summed E-state index contributed by atoms with van der Waals surface area (Å²) in [6, 6.07) is 8.94. The normalized spacial score (nSPS) is 23.8. The van der Waals surface area contributed by atoms with Crippen LogP contribution in [0.4, 0.5) is 4.79 Å². The highest BCUT2D eigenvalue weighted by Gasteiger charge is 2.52. The van der Waals surface area contributed by atoms with Crippen LogP contribution in [0.2, 0.25) is 0 Å². The molecule has 0 radical (unpaired) electrons. The Morgan fingerprint density at radius 1 is 1.15 bits per heavy atom. The number of rotatable bonds is 6. The molecule has 3 rings (SSSR count). The minimum absolute atomic E-state index is 0.148. The van der Waals surface area contributed by atoms with Crippen molar-refractivity contribution in [3.63, 3.8) is 0 Å². The third-order valence-electron chi connectivity index (χ3n) is 5.59. The van der Waals surface area contributed by atoms with E-state index in [0.29, 0.717) is 6.42 Å². The van der Waals surface area contributed by atoms with Crippen LogP contribution in [0.25, 0.3) is 0 Å². The summed E-state index contributed by atoms with van der Waals surface area (Å²) in [4.78, 5) is 39.3. The number of hydrogen-bond donors (Lipinski definition) is 2. The monoisotopic (exact) mass is 371 g/mol. The number of carbonyl (C=O) groups is 3. The van der Waals surface area contributed by atoms with Crippen molar-refractivity contribution in [1.82, 2.24) is 15.5 Å². The molecule has 1 aromatic carbocycles. The molecule has 6 nitrogen and oxygen atoms in total. The Bertz CT molecular complexity index is 683. The summed E-state index contributed by atoms with van der Waals surface area (Å²) in [5.74, 6) is -0.595. The standard InChI is InChI=1S/C21H29N3O3/c1-2-14-21(16-10-6-5-7-11-16)19(26)24(20(27)23-21)15-18(25)22-17-12-8-3-4-9-13-17/h5-7,10-11,17H,2-4,8-9,12-15H2,1H3,(H,22,25)(H,23,27)/t21-/m1/s1. The number of hydrogen-bond acceptors (Lipinski definition) is 3. The molecule has 27 heavy (non-hydrogen) atoms. The lowest BCUT2D eigenvalue weighted by molar-refractivity contribution is -0.135. The second kappa shape index (κ2) is 8.55. The number of nitrogens with one attached hydrogen (secondary N) is 2. The highest BCUT2D eigenvalue weighted by molar-refractivity contribution is 6.09. The van der Waals surface area contributed by atoms with Crippen LogP contribution >= 0.6 is 0 Å². The van der Waals surface area contributed by atoms with E-state index in [4.69, 9.17) is 0 Å². The van der Waals surface area contributed by atoms with Gasteiger partial charge in [-0.05, 0) is 24.8 Å². The molecule has 1 heterocycles. The van der Waals surface area contributed by atoms with Crippen molar-refractivity contribution in [3.05, 3.63) is 35.9 Å². The second-order valence-corrected chi connectivity index (χ2v) is 7.60. The molecule has 0 spiro atoms. The number of amides is 4. The van der Waals surface area contributed by atoms with E-state index in [1.54, 1.807) is 0 Å². The van der Waals surface area contributed by atoms with Gasteiger partial charge in [0, 0.05) is 6.04 Å². The lowest BCUT2D eigenvalue weighted by Crippen LogP contribution is -2.46. The minimum Gasteiger partial charge on any atom is -0.352 e. The lowest BCUT2D eigenvalue weighted by atomic mass is 9.85. The summed E-state index contributed by atoms with van der Waals surface area (Å²) in [6.45, 7) is 1.75. The molecule has 2 aliphatic rings. The number of urea groups is 1. The quantitative estimate of drug-likeness (QED) is 0.596. The summed E-state index contributed by atoms with van der Waals surface area (Å²) in [5.41, 5.74) is -0.313. The highest BCUT2D eigenvalue weighted by atomic mass is 16.2. The maximum absolute atomic E-state index is 13.2. The molecule has 0 unspecified atom stereocenters. The van der Waals surface area contributed by atoms with Crippen molar-refractivity contribution in [2.75, 3.05) is 6.54 Å². The van der Waals surface area contributed by atoms with Gasteiger partial charge >= 0.3 is 6.03 Å². The first-order valence-corrected chi connectivity index (χ1v) is 10.1. The lowest BCUT2D eigenvalue weighted by Gasteiger charge is -2.27. The van der Waals surface area contributed by atoms with Crippen molar-refractivity contribution < 1.29 is 14.4 Å². The van der Waals surface area contributed by atoms with E-state index in [1.165, 1.54) is 12.8 Å². The average molecular weight is 371 g/mol. The molecule has 2 fully saturated rings. The van der Waals surface area contributed by atoms with Crippen molar-refractivity contribution in [2.24, 2.45) is 0 Å². The van der Waals surface area contributed by atoms with Crippen LogP contribution in [-0.2, 0) is 15.1 Å². The number of nitrogens with zero attached hydrogens (tertiary/aromatic N) is 1. The molecule has 146 valence electrons. The predicted octanol–water partition coefficient (Wildman–Crippen LogP) is 3.07. The van der Waals surface area contributed by atoms with E-state index in [-0.39, 0.29) is 24.4 Å². The highest BCUT2D eigenvalue weighted by Crippen LogP contribution is 2.33. The SMILES string of the molecule is CCC[C@]1(c2ccccc2)NC(=O)N(CC(=O)NC2CCCCCC2)C1=O. The first-order valence-electron chi connectivity index (χ1n) is 10.1. The molecule has 0 aromatic heterocycles. The second-order valence-electron chi connectivity index (χ2n) is 7.60. The van der Waals surface area contributed by atoms with E-state index in [9.17, 15) is 14.4 Å². The Labute approximate surface area is 160 Å². The first-order chi connectivity index (χ1) is 13.1. The van der Waals surface area contributed by atoms with Crippen LogP contribution in [0.1, 0.15) is 63.9 Å². The van der Waals surface area contributed by atoms with Gasteiger partial charge in [-0.3, -0.25) is 14.5 Å². The van der Waals surface area contributed by atoms with Crippen molar-refractivity contribution in [2.45, 2.75) is 69.9 Å². The Hall–Kier alpha value is -2.37. The molecule has 4 amide bonds. The Morgan fingerprint density at radius 2 is 1.81 bits per heavy atom. The van der Waals surface area contributed by atoms with Crippen LogP contribution in [0.5, 0.6) is 0 Å². The zero-order valence-corrected chi connectivity index (χ0v) is 16.0. The Kier molecular flexibility index (Phi) is 6.14. The van der Waals surface area contributed by atoms with Gasteiger partial charge in [0.2, 0.25) is 5.91 Å². The molecule has 1 aromatic rings. The third kappa shape index (κ3) is 4.15. The van der Waals surface area contributed by atoms with Crippen LogP contribution in [0.15, 0.2) is 30.3 Å².